The van der Waals surface area contributed by atoms with Gasteiger partial charge >= 0.3 is 5.97 Å². The monoisotopic (exact) mass is 1350 g/mol. The zero-order valence-corrected chi connectivity index (χ0v) is 62.8. The Hall–Kier alpha value is -2.64. The third-order valence-corrected chi connectivity index (χ3v) is 19.6. The van der Waals surface area contributed by atoms with Crippen molar-refractivity contribution in [3.63, 3.8) is 0 Å². The van der Waals surface area contributed by atoms with E-state index in [1.165, 1.54) is 308 Å². The summed E-state index contributed by atoms with van der Waals surface area (Å²) in [7, 11) is 0. The number of allylic oxidation sites excluding steroid dienone is 9. The molecule has 7 unspecified atom stereocenters. The molecular weight excluding hydrogens is 1190 g/mol. The maximum absolute atomic E-state index is 13.1. The molecule has 0 aromatic rings. The molecule has 0 bridgehead atoms. The van der Waals surface area contributed by atoms with E-state index in [9.17, 15) is 35.1 Å². The van der Waals surface area contributed by atoms with Crippen molar-refractivity contribution in [1.29, 1.82) is 0 Å². The standard InChI is InChI=1S/C85H157NO10/c1-3-5-7-9-11-13-15-17-18-42-46-49-53-57-61-65-69-73-81(90)94-74-70-66-62-58-54-50-47-44-41-39-37-35-33-31-29-27-25-23-21-19-20-22-24-26-28-30-32-34-36-38-40-43-45-48-52-56-60-64-68-72-80(89)86-77(76-95-85-84(93)83(92)82(91)79(75-87)96-85)78(88)71-67-63-59-55-51-16-14-12-10-8-6-4-2/h11,13,17-20,23,25,67,71,77-79,82-85,87-88,91-93H,3-10,12,14-16,21-22,24,26-66,68-70,72-76H2,1-2H3,(H,86,89)/b13-11-,18-17-,20-19-,25-23-,71-67+. The number of amides is 1. The van der Waals surface area contributed by atoms with Crippen molar-refractivity contribution < 1.29 is 49.3 Å². The van der Waals surface area contributed by atoms with Gasteiger partial charge in [-0.05, 0) is 96.3 Å². The number of carbonyl (C=O) groups is 2. The van der Waals surface area contributed by atoms with Gasteiger partial charge in [0, 0.05) is 12.8 Å². The molecule has 1 rings (SSSR count). The highest BCUT2D eigenvalue weighted by molar-refractivity contribution is 5.76. The highest BCUT2D eigenvalue weighted by Crippen LogP contribution is 2.24. The van der Waals surface area contributed by atoms with Crippen molar-refractivity contribution in [2.75, 3.05) is 19.8 Å². The van der Waals surface area contributed by atoms with Crippen LogP contribution >= 0.6 is 0 Å². The normalized spacial score (nSPS) is 17.6. The lowest BCUT2D eigenvalue weighted by Crippen LogP contribution is -2.60. The number of unbranched alkanes of at least 4 members (excludes halogenated alkanes) is 52. The maximum atomic E-state index is 13.1. The predicted molar refractivity (Wildman–Crippen MR) is 407 cm³/mol. The van der Waals surface area contributed by atoms with Gasteiger partial charge in [0.05, 0.1) is 32.0 Å². The third-order valence-electron chi connectivity index (χ3n) is 19.6. The molecule has 1 heterocycles. The summed E-state index contributed by atoms with van der Waals surface area (Å²) in [6.45, 7) is 4.36. The van der Waals surface area contributed by atoms with Crippen LogP contribution in [0.5, 0.6) is 0 Å². The van der Waals surface area contributed by atoms with Crippen LogP contribution in [-0.2, 0) is 23.8 Å². The Bertz CT molecular complexity index is 1780. The maximum Gasteiger partial charge on any atom is 0.305 e. The van der Waals surface area contributed by atoms with Crippen LogP contribution in [0.15, 0.2) is 60.8 Å². The van der Waals surface area contributed by atoms with Gasteiger partial charge in [-0.2, -0.15) is 0 Å². The Kier molecular flexibility index (Phi) is 70.0. The van der Waals surface area contributed by atoms with Crippen molar-refractivity contribution in [2.24, 2.45) is 0 Å². The second-order valence-corrected chi connectivity index (χ2v) is 28.8. The summed E-state index contributed by atoms with van der Waals surface area (Å²) in [6.07, 6.45) is 89.8. The molecule has 0 aromatic heterocycles. The SMILES string of the molecule is CCCCC/C=C\C/C=C\CCCCCCCCCC(=O)OCCCCCCCCCCCCCCCCC/C=C\C/C=C\CCCCCCCCCCCCCCCCCCCC(=O)NC(COC1OC(CO)C(O)C(O)C1O)C(O)/C=C/CCCCCCCCCCCC. The number of hydrogen-bond donors (Lipinski definition) is 6. The molecule has 0 aliphatic carbocycles. The van der Waals surface area contributed by atoms with Crippen LogP contribution in [0.3, 0.4) is 0 Å². The zero-order chi connectivity index (χ0) is 69.4. The van der Waals surface area contributed by atoms with E-state index in [1.807, 2.05) is 6.08 Å². The molecule has 11 heteroatoms. The topological polar surface area (TPSA) is 175 Å². The van der Waals surface area contributed by atoms with Crippen molar-refractivity contribution in [3.05, 3.63) is 60.8 Å². The van der Waals surface area contributed by atoms with E-state index in [1.54, 1.807) is 6.08 Å². The highest BCUT2D eigenvalue weighted by Gasteiger charge is 2.44. The van der Waals surface area contributed by atoms with Gasteiger partial charge in [-0.3, -0.25) is 9.59 Å². The van der Waals surface area contributed by atoms with Crippen LogP contribution in [0.4, 0.5) is 0 Å². The first-order chi connectivity index (χ1) is 47.2. The molecule has 562 valence electrons. The molecule has 1 aliphatic rings. The molecule has 1 fully saturated rings. The predicted octanol–water partition coefficient (Wildman–Crippen LogP) is 22.8. The van der Waals surface area contributed by atoms with Gasteiger partial charge < -0.3 is 45.1 Å². The molecule has 1 amide bonds. The number of aliphatic hydroxyl groups excluding tert-OH is 5. The fraction of sp³-hybridized carbons (Fsp3) is 0.859. The van der Waals surface area contributed by atoms with Gasteiger partial charge in [-0.15, -0.1) is 0 Å². The lowest BCUT2D eigenvalue weighted by Gasteiger charge is -2.40. The summed E-state index contributed by atoms with van der Waals surface area (Å²) in [6, 6.07) is -0.808. The summed E-state index contributed by atoms with van der Waals surface area (Å²) in [4.78, 5) is 25.2. The second kappa shape index (κ2) is 73.6. The Morgan fingerprint density at radius 1 is 0.385 bits per heavy atom. The van der Waals surface area contributed by atoms with E-state index in [2.05, 4.69) is 67.8 Å². The summed E-state index contributed by atoms with van der Waals surface area (Å²) >= 11 is 0. The number of aliphatic hydroxyl groups is 5. The summed E-state index contributed by atoms with van der Waals surface area (Å²) in [5.74, 6) is -0.170. The first kappa shape index (κ1) is 91.4. The zero-order valence-electron chi connectivity index (χ0n) is 62.8. The minimum atomic E-state index is -1.57. The Morgan fingerprint density at radius 2 is 0.698 bits per heavy atom. The number of ether oxygens (including phenoxy) is 3. The first-order valence-corrected chi connectivity index (χ1v) is 41.6. The van der Waals surface area contributed by atoms with Crippen molar-refractivity contribution in [2.45, 2.75) is 448 Å². The molecule has 7 atom stereocenters. The number of nitrogens with one attached hydrogen (secondary N) is 1. The van der Waals surface area contributed by atoms with E-state index >= 15 is 0 Å². The third kappa shape index (κ3) is 61.2. The van der Waals surface area contributed by atoms with Gasteiger partial charge in [-0.1, -0.05) is 357 Å². The van der Waals surface area contributed by atoms with Crippen LogP contribution < -0.4 is 5.32 Å². The number of rotatable bonds is 74. The molecule has 11 nitrogen and oxygen atoms in total. The first-order valence-electron chi connectivity index (χ1n) is 41.6. The summed E-state index contributed by atoms with van der Waals surface area (Å²) < 4.78 is 16.8. The van der Waals surface area contributed by atoms with Crippen LogP contribution in [0.1, 0.15) is 406 Å². The summed E-state index contributed by atoms with van der Waals surface area (Å²) in [5.41, 5.74) is 0. The van der Waals surface area contributed by atoms with Crippen LogP contribution in [0.2, 0.25) is 0 Å². The Balaban J connectivity index is 1.88. The molecule has 6 N–H and O–H groups in total. The molecule has 0 aromatic carbocycles. The van der Waals surface area contributed by atoms with Crippen molar-refractivity contribution in [3.8, 4) is 0 Å². The Labute approximate surface area is 592 Å². The van der Waals surface area contributed by atoms with E-state index in [0.29, 0.717) is 19.4 Å². The molecule has 0 radical (unpaired) electrons. The van der Waals surface area contributed by atoms with Gasteiger partial charge in [0.2, 0.25) is 5.91 Å². The quantitative estimate of drug-likeness (QED) is 0.0195. The average Bonchev–Trinajstić information content (AvgIpc) is 0.850. The molecule has 0 spiro atoms. The largest absolute Gasteiger partial charge is 0.466 e. The van der Waals surface area contributed by atoms with Crippen LogP contribution in [0, 0.1) is 0 Å². The minimum Gasteiger partial charge on any atom is -0.466 e. The summed E-state index contributed by atoms with van der Waals surface area (Å²) in [5, 5.41) is 54.5. The van der Waals surface area contributed by atoms with Crippen molar-refractivity contribution >= 4 is 11.9 Å². The number of esters is 1. The van der Waals surface area contributed by atoms with Gasteiger partial charge in [0.25, 0.3) is 0 Å². The van der Waals surface area contributed by atoms with Crippen LogP contribution in [-0.4, -0.2) is 100 Å². The molecule has 1 saturated heterocycles. The smallest absolute Gasteiger partial charge is 0.305 e. The molecule has 0 saturated carbocycles. The fourth-order valence-corrected chi connectivity index (χ4v) is 13.1. The molecule has 1 aliphatic heterocycles. The highest BCUT2D eigenvalue weighted by atomic mass is 16.7. The number of carbonyl (C=O) groups excluding carboxylic acids is 2. The average molecular weight is 1350 g/mol. The van der Waals surface area contributed by atoms with E-state index in [4.69, 9.17) is 14.2 Å². The molecule has 96 heavy (non-hydrogen) atoms. The van der Waals surface area contributed by atoms with E-state index in [-0.39, 0.29) is 18.5 Å². The van der Waals surface area contributed by atoms with Crippen LogP contribution in [0.25, 0.3) is 0 Å². The fourth-order valence-electron chi connectivity index (χ4n) is 13.1. The van der Waals surface area contributed by atoms with E-state index < -0.39 is 49.5 Å². The minimum absolute atomic E-state index is 0.00705. The lowest BCUT2D eigenvalue weighted by molar-refractivity contribution is -0.302. The van der Waals surface area contributed by atoms with Crippen molar-refractivity contribution in [1.82, 2.24) is 5.32 Å². The van der Waals surface area contributed by atoms with Gasteiger partial charge in [0.1, 0.15) is 24.4 Å². The lowest BCUT2D eigenvalue weighted by atomic mass is 9.99. The van der Waals surface area contributed by atoms with Gasteiger partial charge in [0.15, 0.2) is 6.29 Å². The van der Waals surface area contributed by atoms with Gasteiger partial charge in [-0.25, -0.2) is 0 Å². The second-order valence-electron chi connectivity index (χ2n) is 28.8. The van der Waals surface area contributed by atoms with E-state index in [0.717, 1.165) is 70.6 Å². The Morgan fingerprint density at radius 3 is 1.07 bits per heavy atom. The molecular formula is C85H157NO10. The number of hydrogen-bond acceptors (Lipinski definition) is 10.